The molecule has 8 aromatic carbocycles. The molecule has 0 unspecified atom stereocenters. The van der Waals surface area contributed by atoms with Crippen molar-refractivity contribution in [2.75, 3.05) is 4.90 Å². The van der Waals surface area contributed by atoms with E-state index in [0.717, 1.165) is 17.1 Å². The molecule has 2 nitrogen and oxygen atoms in total. The number of fused-ring (bicyclic) bond motifs is 11. The number of aromatic nitrogens is 1. The highest BCUT2D eigenvalue weighted by Gasteiger charge is 2.22. The molecule has 0 saturated carbocycles. The minimum atomic E-state index is 1.14. The number of nitrogens with zero attached hydrogens (tertiary/aromatic N) is 2. The van der Waals surface area contributed by atoms with Gasteiger partial charge in [-0.3, -0.25) is 0 Å². The SMILES string of the molecule is c1ccc(N(c2ccccc2)c2ccc3sc4c(c3c2)c2ccccc2c2c4c3ccccc3n2-c2ccc3ccccc3c2)cc1. The van der Waals surface area contributed by atoms with Crippen molar-refractivity contribution in [3.05, 3.63) is 170 Å². The minimum Gasteiger partial charge on any atom is -0.310 e. The van der Waals surface area contributed by atoms with Crippen LogP contribution in [0.25, 0.3) is 69.2 Å². The van der Waals surface area contributed by atoms with Crippen molar-refractivity contribution in [1.82, 2.24) is 4.57 Å². The van der Waals surface area contributed by atoms with Crippen LogP contribution in [0.3, 0.4) is 0 Å². The second-order valence-electron chi connectivity index (χ2n) is 12.1. The van der Waals surface area contributed by atoms with Crippen LogP contribution in [0.2, 0.25) is 0 Å². The van der Waals surface area contributed by atoms with Crippen LogP contribution in [0, 0.1) is 0 Å². The minimum absolute atomic E-state index is 1.14. The predicted octanol–water partition coefficient (Wildman–Crippen LogP) is 12.9. The third kappa shape index (κ3) is 3.97. The van der Waals surface area contributed by atoms with Crippen molar-refractivity contribution < 1.29 is 0 Å². The van der Waals surface area contributed by atoms with E-state index in [2.05, 4.69) is 179 Å². The Morgan fingerprint density at radius 2 is 1.06 bits per heavy atom. The Balaban J connectivity index is 1.32. The van der Waals surface area contributed by atoms with Gasteiger partial charge in [0.15, 0.2) is 0 Å². The monoisotopic (exact) mass is 616 g/mol. The Hall–Kier alpha value is -5.90. The summed E-state index contributed by atoms with van der Waals surface area (Å²) in [5, 5.41) is 10.3. The first-order chi connectivity index (χ1) is 23.3. The third-order valence-electron chi connectivity index (χ3n) is 9.50. The van der Waals surface area contributed by atoms with Gasteiger partial charge in [0.1, 0.15) is 0 Å². The number of anilines is 3. The molecule has 0 amide bonds. The standard InChI is InChI=1S/C44H28N2S/c1-3-15-31(16-4-1)45(32-17-5-2-6-18-32)34-25-26-40-38(28-34)41-35-19-9-10-20-36(35)43-42(44(41)47-40)37-21-11-12-22-39(37)46(43)33-24-23-29-13-7-8-14-30(29)27-33/h1-28H. The molecule has 2 aromatic heterocycles. The number of para-hydroxylation sites is 3. The maximum atomic E-state index is 2.49. The van der Waals surface area contributed by atoms with Crippen molar-refractivity contribution in [3.63, 3.8) is 0 Å². The largest absolute Gasteiger partial charge is 0.310 e. The van der Waals surface area contributed by atoms with Crippen molar-refractivity contribution in [2.24, 2.45) is 0 Å². The van der Waals surface area contributed by atoms with Crippen LogP contribution in [-0.2, 0) is 0 Å². The van der Waals surface area contributed by atoms with Gasteiger partial charge in [-0.25, -0.2) is 0 Å². The number of thiophene rings is 1. The lowest BCUT2D eigenvalue weighted by atomic mass is 9.99. The topological polar surface area (TPSA) is 8.17 Å². The Morgan fingerprint density at radius 1 is 0.426 bits per heavy atom. The quantitative estimate of drug-likeness (QED) is 0.191. The fraction of sp³-hybridized carbons (Fsp3) is 0. The molecule has 0 aliphatic heterocycles. The van der Waals surface area contributed by atoms with Crippen LogP contribution in [0.15, 0.2) is 170 Å². The summed E-state index contributed by atoms with van der Waals surface area (Å²) in [4.78, 5) is 2.36. The van der Waals surface area contributed by atoms with E-state index in [4.69, 9.17) is 0 Å². The molecule has 0 spiro atoms. The first-order valence-electron chi connectivity index (χ1n) is 16.0. The first-order valence-corrected chi connectivity index (χ1v) is 16.8. The molecule has 47 heavy (non-hydrogen) atoms. The van der Waals surface area contributed by atoms with Crippen LogP contribution in [0.4, 0.5) is 17.1 Å². The Bertz CT molecular complexity index is 2750. The van der Waals surface area contributed by atoms with E-state index in [1.165, 1.54) is 69.2 Å². The van der Waals surface area contributed by atoms with Gasteiger partial charge in [-0.05, 0) is 76.8 Å². The summed E-state index contributed by atoms with van der Waals surface area (Å²) in [6, 6.07) is 61.7. The molecular formula is C44H28N2S. The number of benzene rings is 8. The smallest absolute Gasteiger partial charge is 0.0634 e. The van der Waals surface area contributed by atoms with Gasteiger partial charge in [-0.1, -0.05) is 109 Å². The van der Waals surface area contributed by atoms with Gasteiger partial charge in [-0.15, -0.1) is 11.3 Å². The summed E-state index contributed by atoms with van der Waals surface area (Å²) in [6.45, 7) is 0. The molecule has 0 saturated heterocycles. The van der Waals surface area contributed by atoms with E-state index in [0.29, 0.717) is 0 Å². The molecule has 0 aliphatic carbocycles. The van der Waals surface area contributed by atoms with Crippen LogP contribution in [-0.4, -0.2) is 4.57 Å². The van der Waals surface area contributed by atoms with Gasteiger partial charge in [0, 0.05) is 59.1 Å². The van der Waals surface area contributed by atoms with Crippen molar-refractivity contribution in [3.8, 4) is 5.69 Å². The maximum absolute atomic E-state index is 2.49. The molecule has 220 valence electrons. The van der Waals surface area contributed by atoms with E-state index in [9.17, 15) is 0 Å². The summed E-state index contributed by atoms with van der Waals surface area (Å²) in [6.07, 6.45) is 0. The lowest BCUT2D eigenvalue weighted by Gasteiger charge is -2.25. The molecule has 0 radical (unpaired) electrons. The normalized spacial score (nSPS) is 11.8. The Labute approximate surface area is 276 Å². The zero-order valence-corrected chi connectivity index (χ0v) is 26.3. The van der Waals surface area contributed by atoms with E-state index in [1.54, 1.807) is 0 Å². The van der Waals surface area contributed by atoms with Gasteiger partial charge >= 0.3 is 0 Å². The summed E-state index contributed by atoms with van der Waals surface area (Å²) >= 11 is 1.91. The highest BCUT2D eigenvalue weighted by atomic mass is 32.1. The second-order valence-corrected chi connectivity index (χ2v) is 13.2. The van der Waals surface area contributed by atoms with Crippen LogP contribution < -0.4 is 4.90 Å². The molecular weight excluding hydrogens is 589 g/mol. The van der Waals surface area contributed by atoms with Crippen LogP contribution in [0.1, 0.15) is 0 Å². The summed E-state index contributed by atoms with van der Waals surface area (Å²) in [5.74, 6) is 0. The number of rotatable bonds is 4. The third-order valence-corrected chi connectivity index (χ3v) is 10.7. The average Bonchev–Trinajstić information content (AvgIpc) is 3.69. The van der Waals surface area contributed by atoms with Gasteiger partial charge in [-0.2, -0.15) is 0 Å². The highest BCUT2D eigenvalue weighted by Crippen LogP contribution is 2.49. The van der Waals surface area contributed by atoms with Crippen molar-refractivity contribution in [2.45, 2.75) is 0 Å². The summed E-state index contributed by atoms with van der Waals surface area (Å²) < 4.78 is 5.12. The summed E-state index contributed by atoms with van der Waals surface area (Å²) in [5.41, 5.74) is 7.12. The van der Waals surface area contributed by atoms with Crippen molar-refractivity contribution >= 4 is 91.9 Å². The molecule has 2 heterocycles. The van der Waals surface area contributed by atoms with E-state index < -0.39 is 0 Å². The first kappa shape index (κ1) is 26.3. The van der Waals surface area contributed by atoms with E-state index in [-0.39, 0.29) is 0 Å². The van der Waals surface area contributed by atoms with Crippen molar-refractivity contribution in [1.29, 1.82) is 0 Å². The Kier molecular flexibility index (Phi) is 5.78. The Morgan fingerprint density at radius 3 is 1.83 bits per heavy atom. The molecule has 0 aliphatic rings. The predicted molar refractivity (Wildman–Crippen MR) is 203 cm³/mol. The molecule has 3 heteroatoms. The lowest BCUT2D eigenvalue weighted by molar-refractivity contribution is 1.19. The van der Waals surface area contributed by atoms with Crippen LogP contribution >= 0.6 is 11.3 Å². The van der Waals surface area contributed by atoms with Gasteiger partial charge < -0.3 is 9.47 Å². The molecule has 0 bridgehead atoms. The number of hydrogen-bond donors (Lipinski definition) is 0. The summed E-state index contributed by atoms with van der Waals surface area (Å²) in [7, 11) is 0. The number of hydrogen-bond acceptors (Lipinski definition) is 2. The van der Waals surface area contributed by atoms with E-state index in [1.807, 2.05) is 11.3 Å². The molecule has 10 aromatic rings. The van der Waals surface area contributed by atoms with Crippen LogP contribution in [0.5, 0.6) is 0 Å². The molecule has 0 atom stereocenters. The van der Waals surface area contributed by atoms with Gasteiger partial charge in [0.05, 0.1) is 11.0 Å². The molecule has 0 fully saturated rings. The molecule has 0 N–H and O–H groups in total. The average molecular weight is 617 g/mol. The zero-order chi connectivity index (χ0) is 30.9. The van der Waals surface area contributed by atoms with E-state index >= 15 is 0 Å². The van der Waals surface area contributed by atoms with Gasteiger partial charge in [0.25, 0.3) is 0 Å². The highest BCUT2D eigenvalue weighted by molar-refractivity contribution is 7.27. The molecule has 10 rings (SSSR count). The fourth-order valence-electron chi connectivity index (χ4n) is 7.49. The maximum Gasteiger partial charge on any atom is 0.0634 e. The van der Waals surface area contributed by atoms with Gasteiger partial charge in [0.2, 0.25) is 0 Å². The fourth-order valence-corrected chi connectivity index (χ4v) is 8.74. The zero-order valence-electron chi connectivity index (χ0n) is 25.5. The second kappa shape index (κ2) is 10.3. The lowest BCUT2D eigenvalue weighted by Crippen LogP contribution is -2.09.